The van der Waals surface area contributed by atoms with Crippen molar-refractivity contribution in [1.82, 2.24) is 0 Å². The van der Waals surface area contributed by atoms with E-state index in [4.69, 9.17) is 9.84 Å². The maximum Gasteiger partial charge on any atom is 0.309 e. The molecule has 0 aliphatic carbocycles. The summed E-state index contributed by atoms with van der Waals surface area (Å²) >= 11 is 0. The molecule has 0 bridgehead atoms. The highest BCUT2D eigenvalue weighted by molar-refractivity contribution is 5.79. The van der Waals surface area contributed by atoms with Crippen molar-refractivity contribution in [2.24, 2.45) is 11.8 Å². The minimum absolute atomic E-state index is 0.126. The number of aliphatic carboxylic acids is 1. The quantitative estimate of drug-likeness (QED) is 0.460. The summed E-state index contributed by atoms with van der Waals surface area (Å²) in [6.07, 6.45) is 5.33. The van der Waals surface area contributed by atoms with Crippen molar-refractivity contribution in [1.29, 1.82) is 0 Å². The molecule has 1 N–H and O–H groups in total. The Morgan fingerprint density at radius 3 is 2.25 bits per heavy atom. The Kier molecular flexibility index (Phi) is 10.1. The molecular formula is C16H30O4. The van der Waals surface area contributed by atoms with Crippen molar-refractivity contribution in [3.05, 3.63) is 0 Å². The molecule has 2 unspecified atom stereocenters. The third-order valence-electron chi connectivity index (χ3n) is 3.28. The maximum absolute atomic E-state index is 12.0. The zero-order valence-corrected chi connectivity index (χ0v) is 13.4. The van der Waals surface area contributed by atoms with E-state index < -0.39 is 11.9 Å². The Hall–Kier alpha value is -1.06. The monoisotopic (exact) mass is 286 g/mol. The number of hydrogen-bond acceptors (Lipinski definition) is 3. The van der Waals surface area contributed by atoms with Crippen molar-refractivity contribution < 1.29 is 19.4 Å². The van der Waals surface area contributed by atoms with E-state index in [9.17, 15) is 9.59 Å². The third kappa shape index (κ3) is 9.82. The summed E-state index contributed by atoms with van der Waals surface area (Å²) in [6.45, 7) is 8.14. The molecule has 0 amide bonds. The molecule has 2 atom stereocenters. The Bertz CT molecular complexity index is 286. The minimum Gasteiger partial charge on any atom is -0.481 e. The van der Waals surface area contributed by atoms with Gasteiger partial charge >= 0.3 is 11.9 Å². The molecule has 0 aromatic carbocycles. The molecule has 0 aliphatic heterocycles. The average molecular weight is 286 g/mol. The van der Waals surface area contributed by atoms with E-state index in [0.717, 1.165) is 32.1 Å². The van der Waals surface area contributed by atoms with Gasteiger partial charge in [-0.05, 0) is 25.7 Å². The molecule has 0 heterocycles. The molecule has 4 heteroatoms. The second-order valence-electron chi connectivity index (χ2n) is 6.02. The molecule has 0 aromatic rings. The fourth-order valence-electron chi connectivity index (χ4n) is 2.34. The lowest BCUT2D eigenvalue weighted by Gasteiger charge is -2.19. The zero-order chi connectivity index (χ0) is 15.5. The summed E-state index contributed by atoms with van der Waals surface area (Å²) in [4.78, 5) is 22.9. The third-order valence-corrected chi connectivity index (χ3v) is 3.28. The number of carbonyl (C=O) groups excluding carboxylic acids is 1. The van der Waals surface area contributed by atoms with Gasteiger partial charge in [0.05, 0.1) is 18.4 Å². The topological polar surface area (TPSA) is 63.6 Å². The average Bonchev–Trinajstić information content (AvgIpc) is 2.31. The number of carboxylic acids is 1. The number of carboxylic acid groups (broad SMARTS) is 1. The van der Waals surface area contributed by atoms with Crippen LogP contribution in [0.1, 0.15) is 72.6 Å². The minimum atomic E-state index is -0.932. The van der Waals surface area contributed by atoms with Gasteiger partial charge in [-0.25, -0.2) is 0 Å². The normalized spacial score (nSPS) is 14.1. The van der Waals surface area contributed by atoms with Crippen LogP contribution in [0, 0.1) is 11.8 Å². The summed E-state index contributed by atoms with van der Waals surface area (Å²) in [5.74, 6) is -1.32. The lowest BCUT2D eigenvalue weighted by atomic mass is 9.97. The standard InChI is InChI=1S/C16H30O4/c1-5-6-7-8-9-14(11-15(17)18)16(19)20-13(4)10-12(2)3/h12-14H,5-11H2,1-4H3,(H,17,18). The summed E-state index contributed by atoms with van der Waals surface area (Å²) < 4.78 is 5.38. The molecule has 0 saturated carbocycles. The highest BCUT2D eigenvalue weighted by Crippen LogP contribution is 2.18. The largest absolute Gasteiger partial charge is 0.481 e. The van der Waals surface area contributed by atoms with Gasteiger partial charge in [-0.1, -0.05) is 46.5 Å². The molecule has 118 valence electrons. The van der Waals surface area contributed by atoms with E-state index >= 15 is 0 Å². The first-order chi connectivity index (χ1) is 9.36. The van der Waals surface area contributed by atoms with Crippen LogP contribution < -0.4 is 0 Å². The van der Waals surface area contributed by atoms with Crippen molar-refractivity contribution in [2.45, 2.75) is 78.7 Å². The Morgan fingerprint density at radius 1 is 1.10 bits per heavy atom. The number of esters is 1. The van der Waals surface area contributed by atoms with E-state index in [1.807, 2.05) is 6.92 Å². The number of carbonyl (C=O) groups is 2. The summed E-state index contributed by atoms with van der Waals surface area (Å²) in [6, 6.07) is 0. The predicted octanol–water partition coefficient (Wildman–Crippen LogP) is 4.03. The van der Waals surface area contributed by atoms with Crippen LogP contribution in [0.5, 0.6) is 0 Å². The van der Waals surface area contributed by atoms with Crippen LogP contribution in [0.2, 0.25) is 0 Å². The second-order valence-corrected chi connectivity index (χ2v) is 6.02. The summed E-state index contributed by atoms with van der Waals surface area (Å²) in [5, 5.41) is 8.91. The molecule has 0 radical (unpaired) electrons. The zero-order valence-electron chi connectivity index (χ0n) is 13.4. The summed E-state index contributed by atoms with van der Waals surface area (Å²) in [7, 11) is 0. The van der Waals surface area contributed by atoms with Crippen LogP contribution in [-0.2, 0) is 14.3 Å². The molecule has 0 aromatic heterocycles. The van der Waals surface area contributed by atoms with Crippen molar-refractivity contribution in [3.63, 3.8) is 0 Å². The van der Waals surface area contributed by atoms with E-state index in [1.54, 1.807) is 0 Å². The van der Waals surface area contributed by atoms with E-state index in [-0.39, 0.29) is 18.5 Å². The fraction of sp³-hybridized carbons (Fsp3) is 0.875. The number of ether oxygens (including phenoxy) is 1. The molecular weight excluding hydrogens is 256 g/mol. The van der Waals surface area contributed by atoms with Crippen LogP contribution in [0.25, 0.3) is 0 Å². The maximum atomic E-state index is 12.0. The van der Waals surface area contributed by atoms with Gasteiger partial charge in [-0.3, -0.25) is 9.59 Å². The van der Waals surface area contributed by atoms with Crippen LogP contribution >= 0.6 is 0 Å². The molecule has 0 rings (SSSR count). The Labute approximate surface area is 122 Å². The van der Waals surface area contributed by atoms with E-state index in [0.29, 0.717) is 12.3 Å². The van der Waals surface area contributed by atoms with Crippen molar-refractivity contribution in [3.8, 4) is 0 Å². The molecule has 4 nitrogen and oxygen atoms in total. The fourth-order valence-corrected chi connectivity index (χ4v) is 2.34. The molecule has 0 spiro atoms. The van der Waals surface area contributed by atoms with Gasteiger partial charge in [0.2, 0.25) is 0 Å². The first-order valence-electron chi connectivity index (χ1n) is 7.79. The van der Waals surface area contributed by atoms with Gasteiger partial charge in [0.15, 0.2) is 0 Å². The molecule has 0 saturated heterocycles. The lowest BCUT2D eigenvalue weighted by Crippen LogP contribution is -2.25. The van der Waals surface area contributed by atoms with Gasteiger partial charge in [0.25, 0.3) is 0 Å². The highest BCUT2D eigenvalue weighted by atomic mass is 16.5. The SMILES string of the molecule is CCCCCCC(CC(=O)O)C(=O)OC(C)CC(C)C. The number of hydrogen-bond donors (Lipinski definition) is 1. The second kappa shape index (κ2) is 10.7. The molecule has 20 heavy (non-hydrogen) atoms. The smallest absolute Gasteiger partial charge is 0.309 e. The van der Waals surface area contributed by atoms with Crippen LogP contribution in [-0.4, -0.2) is 23.1 Å². The van der Waals surface area contributed by atoms with Crippen LogP contribution in [0.15, 0.2) is 0 Å². The van der Waals surface area contributed by atoms with E-state index in [1.165, 1.54) is 0 Å². The highest BCUT2D eigenvalue weighted by Gasteiger charge is 2.24. The van der Waals surface area contributed by atoms with Crippen LogP contribution in [0.4, 0.5) is 0 Å². The molecule has 0 aliphatic rings. The summed E-state index contributed by atoms with van der Waals surface area (Å²) in [5.41, 5.74) is 0. The Morgan fingerprint density at radius 2 is 1.75 bits per heavy atom. The van der Waals surface area contributed by atoms with E-state index in [2.05, 4.69) is 20.8 Å². The Balaban J connectivity index is 4.29. The van der Waals surface area contributed by atoms with Gasteiger partial charge in [-0.2, -0.15) is 0 Å². The van der Waals surface area contributed by atoms with Gasteiger partial charge < -0.3 is 9.84 Å². The predicted molar refractivity (Wildman–Crippen MR) is 79.5 cm³/mol. The van der Waals surface area contributed by atoms with Gasteiger partial charge in [0, 0.05) is 0 Å². The lowest BCUT2D eigenvalue weighted by molar-refractivity contribution is -0.157. The van der Waals surface area contributed by atoms with Crippen molar-refractivity contribution >= 4 is 11.9 Å². The number of unbranched alkanes of at least 4 members (excludes halogenated alkanes) is 3. The molecule has 0 fully saturated rings. The first-order valence-corrected chi connectivity index (χ1v) is 7.79. The number of rotatable bonds is 11. The van der Waals surface area contributed by atoms with Crippen molar-refractivity contribution in [2.75, 3.05) is 0 Å². The first kappa shape index (κ1) is 18.9. The van der Waals surface area contributed by atoms with Gasteiger partial charge in [0.1, 0.15) is 0 Å². The van der Waals surface area contributed by atoms with Crippen LogP contribution in [0.3, 0.4) is 0 Å². The van der Waals surface area contributed by atoms with Gasteiger partial charge in [-0.15, -0.1) is 0 Å².